The minimum Gasteiger partial charge on any atom is -0.309 e. The van der Waals surface area contributed by atoms with E-state index < -0.39 is 0 Å². The van der Waals surface area contributed by atoms with Crippen molar-refractivity contribution in [1.82, 2.24) is 9.13 Å². The van der Waals surface area contributed by atoms with E-state index in [1.165, 1.54) is 119 Å². The van der Waals surface area contributed by atoms with Gasteiger partial charge in [-0.1, -0.05) is 176 Å². The molecule has 0 aliphatic heterocycles. The van der Waals surface area contributed by atoms with Gasteiger partial charge < -0.3 is 9.13 Å². The standard InChI is InChI=1S/C66H42N2S/c1-5-15-43(16-6-1)46-25-27-47(28-26-46)55-41-53(42-60-59-40-49(45-19-9-3-10-20-45)32-36-65(59)69-66(55)60)68-61-24-14-13-23-54(61)56-38-50(30-34-62(56)68)51-31-35-64-58(39-51)57-37-48(44-17-7-2-8-18-44)29-33-63(57)67(64)52-21-11-4-12-22-52/h1-42H. The van der Waals surface area contributed by atoms with Crippen LogP contribution in [0.5, 0.6) is 0 Å². The summed E-state index contributed by atoms with van der Waals surface area (Å²) in [6.07, 6.45) is 0. The molecule has 0 saturated heterocycles. The van der Waals surface area contributed by atoms with E-state index in [1.807, 2.05) is 11.3 Å². The lowest BCUT2D eigenvalue weighted by molar-refractivity contribution is 1.18. The summed E-state index contributed by atoms with van der Waals surface area (Å²) in [5.74, 6) is 0. The van der Waals surface area contributed by atoms with Gasteiger partial charge in [-0.15, -0.1) is 11.3 Å². The van der Waals surface area contributed by atoms with Crippen molar-refractivity contribution in [3.63, 3.8) is 0 Å². The first-order valence-corrected chi connectivity index (χ1v) is 24.5. The van der Waals surface area contributed by atoms with Crippen LogP contribution in [0.25, 0.3) is 131 Å². The molecule has 0 aliphatic carbocycles. The Kier molecular flexibility index (Phi) is 9.11. The van der Waals surface area contributed by atoms with Crippen molar-refractivity contribution in [3.05, 3.63) is 255 Å². The van der Waals surface area contributed by atoms with Gasteiger partial charge in [0.25, 0.3) is 0 Å². The molecule has 0 aliphatic rings. The topological polar surface area (TPSA) is 9.86 Å². The van der Waals surface area contributed by atoms with Gasteiger partial charge in [0.05, 0.1) is 22.1 Å². The highest BCUT2D eigenvalue weighted by atomic mass is 32.1. The number of thiophene rings is 1. The summed E-state index contributed by atoms with van der Waals surface area (Å²) in [5, 5.41) is 7.50. The molecule has 11 aromatic carbocycles. The first kappa shape index (κ1) is 39.4. The van der Waals surface area contributed by atoms with Crippen LogP contribution in [0.15, 0.2) is 255 Å². The van der Waals surface area contributed by atoms with Crippen LogP contribution in [-0.2, 0) is 0 Å². The molecule has 2 nitrogen and oxygen atoms in total. The summed E-state index contributed by atoms with van der Waals surface area (Å²) in [6, 6.07) is 93.7. The van der Waals surface area contributed by atoms with Crippen LogP contribution in [0.2, 0.25) is 0 Å². The van der Waals surface area contributed by atoms with Gasteiger partial charge in [0.1, 0.15) is 0 Å². The average molecular weight is 895 g/mol. The van der Waals surface area contributed by atoms with Gasteiger partial charge in [0.2, 0.25) is 0 Å². The van der Waals surface area contributed by atoms with Crippen LogP contribution in [0.3, 0.4) is 0 Å². The van der Waals surface area contributed by atoms with E-state index in [4.69, 9.17) is 0 Å². The lowest BCUT2D eigenvalue weighted by Crippen LogP contribution is -1.95. The first-order chi connectivity index (χ1) is 34.2. The molecule has 14 aromatic rings. The van der Waals surface area contributed by atoms with E-state index in [9.17, 15) is 0 Å². The Balaban J connectivity index is 0.960. The van der Waals surface area contributed by atoms with Gasteiger partial charge in [-0.25, -0.2) is 0 Å². The van der Waals surface area contributed by atoms with Gasteiger partial charge in [0.15, 0.2) is 0 Å². The number of hydrogen-bond donors (Lipinski definition) is 0. The zero-order valence-electron chi connectivity index (χ0n) is 37.6. The van der Waals surface area contributed by atoms with E-state index in [0.717, 1.165) is 11.4 Å². The molecule has 0 atom stereocenters. The van der Waals surface area contributed by atoms with Crippen LogP contribution in [0.4, 0.5) is 0 Å². The molecule has 0 radical (unpaired) electrons. The number of nitrogens with zero attached hydrogens (tertiary/aromatic N) is 2. The fourth-order valence-corrected chi connectivity index (χ4v) is 12.0. The van der Waals surface area contributed by atoms with Gasteiger partial charge >= 0.3 is 0 Å². The van der Waals surface area contributed by atoms with Gasteiger partial charge in [-0.05, 0) is 129 Å². The van der Waals surface area contributed by atoms with E-state index in [2.05, 4.69) is 264 Å². The van der Waals surface area contributed by atoms with Gasteiger partial charge in [-0.2, -0.15) is 0 Å². The number of rotatable bonds is 7. The summed E-state index contributed by atoms with van der Waals surface area (Å²) >= 11 is 1.89. The lowest BCUT2D eigenvalue weighted by atomic mass is 9.97. The van der Waals surface area contributed by atoms with E-state index >= 15 is 0 Å². The van der Waals surface area contributed by atoms with E-state index in [-0.39, 0.29) is 0 Å². The molecular formula is C66H42N2S. The van der Waals surface area contributed by atoms with Crippen molar-refractivity contribution in [3.8, 4) is 67.0 Å². The minimum atomic E-state index is 1.15. The predicted molar refractivity (Wildman–Crippen MR) is 295 cm³/mol. The Labute approximate surface area is 403 Å². The average Bonchev–Trinajstić information content (AvgIpc) is 4.08. The highest BCUT2D eigenvalue weighted by molar-refractivity contribution is 7.26. The molecule has 0 bridgehead atoms. The van der Waals surface area contributed by atoms with Crippen molar-refractivity contribution in [1.29, 1.82) is 0 Å². The zero-order chi connectivity index (χ0) is 45.4. The third-order valence-corrected chi connectivity index (χ3v) is 15.3. The minimum absolute atomic E-state index is 1.15. The van der Waals surface area contributed by atoms with Crippen molar-refractivity contribution in [2.45, 2.75) is 0 Å². The second-order valence-corrected chi connectivity index (χ2v) is 19.1. The highest BCUT2D eigenvalue weighted by Crippen LogP contribution is 2.45. The number of aromatic nitrogens is 2. The maximum atomic E-state index is 2.49. The van der Waals surface area contributed by atoms with Crippen molar-refractivity contribution < 1.29 is 0 Å². The van der Waals surface area contributed by atoms with Crippen molar-refractivity contribution in [2.75, 3.05) is 0 Å². The lowest BCUT2D eigenvalue weighted by Gasteiger charge is -2.13. The summed E-state index contributed by atoms with van der Waals surface area (Å²) in [5.41, 5.74) is 19.2. The maximum absolute atomic E-state index is 2.49. The maximum Gasteiger partial charge on any atom is 0.0541 e. The first-order valence-electron chi connectivity index (χ1n) is 23.6. The van der Waals surface area contributed by atoms with E-state index in [1.54, 1.807) is 0 Å². The molecule has 0 amide bonds. The molecule has 0 unspecified atom stereocenters. The molecule has 3 heteroatoms. The second-order valence-electron chi connectivity index (χ2n) is 18.1. The normalized spacial score (nSPS) is 11.8. The predicted octanol–water partition coefficient (Wildman–Crippen LogP) is 18.6. The summed E-state index contributed by atoms with van der Waals surface area (Å²) in [4.78, 5) is 0. The molecule has 3 aromatic heterocycles. The molecule has 3 heterocycles. The molecular weight excluding hydrogens is 853 g/mol. The Hall–Kier alpha value is -8.76. The fraction of sp³-hybridized carbons (Fsp3) is 0. The van der Waals surface area contributed by atoms with Gasteiger partial charge in [-0.3, -0.25) is 0 Å². The van der Waals surface area contributed by atoms with Crippen molar-refractivity contribution >= 4 is 75.1 Å². The summed E-state index contributed by atoms with van der Waals surface area (Å²) < 4.78 is 7.48. The fourth-order valence-electron chi connectivity index (χ4n) is 10.8. The monoisotopic (exact) mass is 894 g/mol. The third kappa shape index (κ3) is 6.54. The number of benzene rings is 11. The molecule has 322 valence electrons. The van der Waals surface area contributed by atoms with Crippen LogP contribution in [0.1, 0.15) is 0 Å². The van der Waals surface area contributed by atoms with Crippen LogP contribution in [-0.4, -0.2) is 9.13 Å². The SMILES string of the molecule is c1ccc(-c2ccc(-c3cc(-n4c5ccccc5c5cc(-c6ccc7c(c6)c6cc(-c8ccccc8)ccc6n7-c6ccccc6)ccc54)cc4c3sc3ccc(-c5ccccc5)cc34)cc2)cc1. The Morgan fingerprint density at radius 1 is 0.232 bits per heavy atom. The number of hydrogen-bond acceptors (Lipinski definition) is 1. The van der Waals surface area contributed by atoms with Crippen LogP contribution >= 0.6 is 11.3 Å². The Morgan fingerprint density at radius 2 is 0.623 bits per heavy atom. The van der Waals surface area contributed by atoms with E-state index in [0.29, 0.717) is 0 Å². The van der Waals surface area contributed by atoms with Crippen LogP contribution < -0.4 is 0 Å². The second kappa shape index (κ2) is 16.0. The Bertz CT molecular complexity index is 4260. The molecule has 0 fully saturated rings. The molecule has 0 spiro atoms. The number of para-hydroxylation sites is 2. The molecule has 0 saturated carbocycles. The largest absolute Gasteiger partial charge is 0.309 e. The van der Waals surface area contributed by atoms with Crippen molar-refractivity contribution in [2.24, 2.45) is 0 Å². The number of fused-ring (bicyclic) bond motifs is 9. The molecule has 69 heavy (non-hydrogen) atoms. The Morgan fingerprint density at radius 3 is 1.20 bits per heavy atom. The zero-order valence-corrected chi connectivity index (χ0v) is 38.4. The molecule has 14 rings (SSSR count). The molecule has 0 N–H and O–H groups in total. The highest BCUT2D eigenvalue weighted by Gasteiger charge is 2.20. The smallest absolute Gasteiger partial charge is 0.0541 e. The van der Waals surface area contributed by atoms with Crippen LogP contribution in [0, 0.1) is 0 Å². The summed E-state index contributed by atoms with van der Waals surface area (Å²) in [7, 11) is 0. The summed E-state index contributed by atoms with van der Waals surface area (Å²) in [6.45, 7) is 0. The van der Waals surface area contributed by atoms with Gasteiger partial charge in [0, 0.05) is 58.7 Å². The quantitative estimate of drug-likeness (QED) is 0.151. The third-order valence-electron chi connectivity index (χ3n) is 14.1.